The lowest BCUT2D eigenvalue weighted by molar-refractivity contribution is 0.0660. The summed E-state index contributed by atoms with van der Waals surface area (Å²) >= 11 is 0. The molecule has 2 N–H and O–H groups in total. The van der Waals surface area contributed by atoms with Crippen molar-refractivity contribution in [3.63, 3.8) is 0 Å². The number of furan rings is 1. The van der Waals surface area contributed by atoms with Crippen molar-refractivity contribution in [2.75, 3.05) is 0 Å². The van der Waals surface area contributed by atoms with Gasteiger partial charge >= 0.3 is 5.97 Å². The Hall–Kier alpha value is -1.29. The number of hydrogen-bond donors (Lipinski definition) is 2. The average Bonchev–Trinajstić information content (AvgIpc) is 2.75. The highest BCUT2D eigenvalue weighted by Gasteiger charge is 2.10. The van der Waals surface area contributed by atoms with Crippen molar-refractivity contribution in [1.82, 2.24) is 5.32 Å². The SMILES string of the molecule is CCC(C)CC(C)NCc1ccc(C(=O)O)o1. The molecule has 0 saturated carbocycles. The lowest BCUT2D eigenvalue weighted by Crippen LogP contribution is -2.27. The molecule has 0 radical (unpaired) electrons. The van der Waals surface area contributed by atoms with Gasteiger partial charge in [-0.25, -0.2) is 4.79 Å². The maximum Gasteiger partial charge on any atom is 0.371 e. The lowest BCUT2D eigenvalue weighted by atomic mass is 10.0. The van der Waals surface area contributed by atoms with Gasteiger partial charge < -0.3 is 14.8 Å². The molecule has 1 rings (SSSR count). The van der Waals surface area contributed by atoms with E-state index in [-0.39, 0.29) is 5.76 Å². The highest BCUT2D eigenvalue weighted by molar-refractivity contribution is 5.84. The predicted molar refractivity (Wildman–Crippen MR) is 66.0 cm³/mol. The summed E-state index contributed by atoms with van der Waals surface area (Å²) in [7, 11) is 0. The number of hydrogen-bond acceptors (Lipinski definition) is 3. The number of carbonyl (C=O) groups is 1. The summed E-state index contributed by atoms with van der Waals surface area (Å²) < 4.78 is 5.16. The minimum atomic E-state index is -1.02. The van der Waals surface area contributed by atoms with E-state index in [0.29, 0.717) is 24.3 Å². The summed E-state index contributed by atoms with van der Waals surface area (Å²) in [4.78, 5) is 10.6. The third kappa shape index (κ3) is 4.61. The van der Waals surface area contributed by atoms with Crippen molar-refractivity contribution in [2.24, 2.45) is 5.92 Å². The fourth-order valence-electron chi connectivity index (χ4n) is 1.72. The Morgan fingerprint density at radius 2 is 2.18 bits per heavy atom. The maximum atomic E-state index is 10.6. The smallest absolute Gasteiger partial charge is 0.371 e. The first-order chi connectivity index (χ1) is 8.02. The number of nitrogens with one attached hydrogen (secondary N) is 1. The average molecular weight is 239 g/mol. The molecule has 1 heterocycles. The molecule has 4 heteroatoms. The van der Waals surface area contributed by atoms with Crippen LogP contribution in [0, 0.1) is 5.92 Å². The van der Waals surface area contributed by atoms with Gasteiger partial charge in [0.25, 0.3) is 0 Å². The Kier molecular flexibility index (Phi) is 5.22. The molecule has 2 unspecified atom stereocenters. The summed E-state index contributed by atoms with van der Waals surface area (Å²) in [6.07, 6.45) is 2.29. The molecule has 0 spiro atoms. The molecule has 0 bridgehead atoms. The highest BCUT2D eigenvalue weighted by atomic mass is 16.4. The van der Waals surface area contributed by atoms with Gasteiger partial charge in [0.15, 0.2) is 0 Å². The Bertz CT molecular complexity index is 359. The quantitative estimate of drug-likeness (QED) is 0.768. The van der Waals surface area contributed by atoms with E-state index in [2.05, 4.69) is 26.1 Å². The normalized spacial score (nSPS) is 14.5. The zero-order chi connectivity index (χ0) is 12.8. The van der Waals surface area contributed by atoms with Crippen LogP contribution in [0.15, 0.2) is 16.5 Å². The molecule has 1 aromatic heterocycles. The summed E-state index contributed by atoms with van der Waals surface area (Å²) in [5, 5.41) is 12.0. The molecule has 0 saturated heterocycles. The molecule has 96 valence electrons. The van der Waals surface area contributed by atoms with Crippen molar-refractivity contribution >= 4 is 5.97 Å². The monoisotopic (exact) mass is 239 g/mol. The number of rotatable bonds is 7. The van der Waals surface area contributed by atoms with Crippen LogP contribution >= 0.6 is 0 Å². The van der Waals surface area contributed by atoms with Crippen LogP contribution in [0.25, 0.3) is 0 Å². The molecule has 2 atom stereocenters. The molecular weight excluding hydrogens is 218 g/mol. The Morgan fingerprint density at radius 1 is 1.47 bits per heavy atom. The molecule has 1 aromatic rings. The fraction of sp³-hybridized carbons (Fsp3) is 0.615. The van der Waals surface area contributed by atoms with Crippen LogP contribution in [0.5, 0.6) is 0 Å². The van der Waals surface area contributed by atoms with Gasteiger partial charge in [0.05, 0.1) is 6.54 Å². The van der Waals surface area contributed by atoms with E-state index >= 15 is 0 Å². The van der Waals surface area contributed by atoms with Crippen LogP contribution in [0.2, 0.25) is 0 Å². The second kappa shape index (κ2) is 6.45. The third-order valence-corrected chi connectivity index (χ3v) is 2.95. The van der Waals surface area contributed by atoms with Crippen LogP contribution in [0.4, 0.5) is 0 Å². The van der Waals surface area contributed by atoms with Gasteiger partial charge in [0.1, 0.15) is 5.76 Å². The van der Waals surface area contributed by atoms with Crippen LogP contribution in [-0.4, -0.2) is 17.1 Å². The Labute approximate surface area is 102 Å². The maximum absolute atomic E-state index is 10.6. The molecule has 0 amide bonds. The van der Waals surface area contributed by atoms with Crippen LogP contribution in [0.3, 0.4) is 0 Å². The van der Waals surface area contributed by atoms with E-state index in [4.69, 9.17) is 9.52 Å². The number of aromatic carboxylic acids is 1. The van der Waals surface area contributed by atoms with E-state index in [1.165, 1.54) is 12.5 Å². The number of carboxylic acid groups (broad SMARTS) is 1. The van der Waals surface area contributed by atoms with Crippen molar-refractivity contribution in [3.05, 3.63) is 23.7 Å². The van der Waals surface area contributed by atoms with E-state index in [0.717, 1.165) is 6.42 Å². The van der Waals surface area contributed by atoms with Crippen LogP contribution in [0.1, 0.15) is 49.9 Å². The second-order valence-corrected chi connectivity index (χ2v) is 4.60. The molecule has 0 aromatic carbocycles. The van der Waals surface area contributed by atoms with Gasteiger partial charge in [0, 0.05) is 6.04 Å². The molecule has 0 aliphatic carbocycles. The zero-order valence-corrected chi connectivity index (χ0v) is 10.7. The topological polar surface area (TPSA) is 62.5 Å². The highest BCUT2D eigenvalue weighted by Crippen LogP contribution is 2.11. The molecular formula is C13H21NO3. The van der Waals surface area contributed by atoms with Gasteiger partial charge in [-0.2, -0.15) is 0 Å². The van der Waals surface area contributed by atoms with Crippen molar-refractivity contribution in [2.45, 2.75) is 46.2 Å². The lowest BCUT2D eigenvalue weighted by Gasteiger charge is -2.16. The van der Waals surface area contributed by atoms with Gasteiger partial charge in [0.2, 0.25) is 5.76 Å². The van der Waals surface area contributed by atoms with E-state index in [1.54, 1.807) is 6.07 Å². The second-order valence-electron chi connectivity index (χ2n) is 4.60. The van der Waals surface area contributed by atoms with Gasteiger partial charge in [-0.3, -0.25) is 0 Å². The Balaban J connectivity index is 2.36. The van der Waals surface area contributed by atoms with Gasteiger partial charge in [-0.05, 0) is 31.4 Å². The van der Waals surface area contributed by atoms with E-state index in [9.17, 15) is 4.79 Å². The van der Waals surface area contributed by atoms with E-state index < -0.39 is 5.97 Å². The molecule has 0 aliphatic heterocycles. The first-order valence-corrected chi connectivity index (χ1v) is 6.08. The minimum Gasteiger partial charge on any atom is -0.475 e. The minimum absolute atomic E-state index is 0.00335. The molecule has 17 heavy (non-hydrogen) atoms. The van der Waals surface area contributed by atoms with Crippen molar-refractivity contribution in [1.29, 1.82) is 0 Å². The Morgan fingerprint density at radius 3 is 2.71 bits per heavy atom. The summed E-state index contributed by atoms with van der Waals surface area (Å²) in [5.41, 5.74) is 0. The fourth-order valence-corrected chi connectivity index (χ4v) is 1.72. The zero-order valence-electron chi connectivity index (χ0n) is 10.7. The summed E-state index contributed by atoms with van der Waals surface area (Å²) in [5.74, 6) is 0.336. The molecule has 0 aliphatic rings. The van der Waals surface area contributed by atoms with Gasteiger partial charge in [-0.1, -0.05) is 20.3 Å². The van der Waals surface area contributed by atoms with E-state index in [1.807, 2.05) is 0 Å². The molecule has 4 nitrogen and oxygen atoms in total. The molecule has 0 fully saturated rings. The first-order valence-electron chi connectivity index (χ1n) is 6.08. The van der Waals surface area contributed by atoms with Crippen molar-refractivity contribution < 1.29 is 14.3 Å². The van der Waals surface area contributed by atoms with Crippen LogP contribution in [-0.2, 0) is 6.54 Å². The van der Waals surface area contributed by atoms with Gasteiger partial charge in [-0.15, -0.1) is 0 Å². The summed E-state index contributed by atoms with van der Waals surface area (Å²) in [6, 6.07) is 3.59. The predicted octanol–water partition coefficient (Wildman–Crippen LogP) is 2.89. The summed E-state index contributed by atoms with van der Waals surface area (Å²) in [6.45, 7) is 7.12. The largest absolute Gasteiger partial charge is 0.475 e. The third-order valence-electron chi connectivity index (χ3n) is 2.95. The first kappa shape index (κ1) is 13.8. The standard InChI is InChI=1S/C13H21NO3/c1-4-9(2)7-10(3)14-8-11-5-6-12(17-11)13(15)16/h5-6,9-10,14H,4,7-8H2,1-3H3,(H,15,16). The van der Waals surface area contributed by atoms with Crippen LogP contribution < -0.4 is 5.32 Å². The van der Waals surface area contributed by atoms with Crippen molar-refractivity contribution in [3.8, 4) is 0 Å². The number of carboxylic acids is 1.